The van der Waals surface area contributed by atoms with Crippen LogP contribution in [-0.4, -0.2) is 6.54 Å². The summed E-state index contributed by atoms with van der Waals surface area (Å²) in [5.74, 6) is 0.933. The van der Waals surface area contributed by atoms with Crippen LogP contribution in [0.1, 0.15) is 16.6 Å². The van der Waals surface area contributed by atoms with E-state index in [9.17, 15) is 0 Å². The number of furan rings is 1. The summed E-state index contributed by atoms with van der Waals surface area (Å²) in [5.41, 5.74) is 7.01. The van der Waals surface area contributed by atoms with Crippen molar-refractivity contribution in [2.45, 2.75) is 17.1 Å². The summed E-state index contributed by atoms with van der Waals surface area (Å²) in [6, 6.07) is 9.79. The minimum absolute atomic E-state index is 0.226. The highest BCUT2D eigenvalue weighted by Crippen LogP contribution is 2.36. The second-order valence-electron chi connectivity index (χ2n) is 3.73. The van der Waals surface area contributed by atoms with Crippen LogP contribution >= 0.6 is 23.4 Å². The van der Waals surface area contributed by atoms with E-state index in [0.29, 0.717) is 6.54 Å². The van der Waals surface area contributed by atoms with E-state index in [2.05, 4.69) is 0 Å². The second kappa shape index (κ2) is 5.63. The Bertz CT molecular complexity index is 480. The number of hydrogen-bond acceptors (Lipinski definition) is 3. The highest BCUT2D eigenvalue weighted by Gasteiger charge is 2.13. The quantitative estimate of drug-likeness (QED) is 0.850. The second-order valence-corrected chi connectivity index (χ2v) is 5.42. The predicted molar refractivity (Wildman–Crippen MR) is 72.5 cm³/mol. The van der Waals surface area contributed by atoms with Gasteiger partial charge in [0.15, 0.2) is 0 Å². The molecule has 90 valence electrons. The van der Waals surface area contributed by atoms with Gasteiger partial charge in [-0.05, 0) is 30.7 Å². The molecule has 0 saturated carbocycles. The first kappa shape index (κ1) is 12.6. The number of halogens is 1. The first-order chi connectivity index (χ1) is 8.20. The van der Waals surface area contributed by atoms with Crippen molar-refractivity contribution in [2.24, 2.45) is 5.73 Å². The molecule has 2 rings (SSSR count). The molecular weight excluding hydrogens is 254 g/mol. The Balaban J connectivity index is 2.17. The van der Waals surface area contributed by atoms with Gasteiger partial charge in [0.05, 0.1) is 6.26 Å². The number of aryl methyl sites for hydroxylation is 1. The average molecular weight is 268 g/mol. The lowest BCUT2D eigenvalue weighted by Crippen LogP contribution is -2.09. The molecule has 0 bridgehead atoms. The van der Waals surface area contributed by atoms with E-state index in [1.54, 1.807) is 18.0 Å². The maximum atomic E-state index is 5.87. The van der Waals surface area contributed by atoms with Crippen molar-refractivity contribution in [3.8, 4) is 0 Å². The van der Waals surface area contributed by atoms with E-state index in [-0.39, 0.29) is 5.25 Å². The summed E-state index contributed by atoms with van der Waals surface area (Å²) >= 11 is 7.59. The highest BCUT2D eigenvalue weighted by molar-refractivity contribution is 7.99. The van der Waals surface area contributed by atoms with Crippen molar-refractivity contribution in [1.82, 2.24) is 0 Å². The van der Waals surface area contributed by atoms with Gasteiger partial charge in [-0.1, -0.05) is 23.7 Å². The Morgan fingerprint density at radius 1 is 1.29 bits per heavy atom. The minimum Gasteiger partial charge on any atom is -0.468 e. The van der Waals surface area contributed by atoms with E-state index >= 15 is 0 Å². The van der Waals surface area contributed by atoms with Crippen LogP contribution in [0.15, 0.2) is 45.9 Å². The zero-order chi connectivity index (χ0) is 12.3. The third-order valence-corrected chi connectivity index (χ3v) is 4.21. The fourth-order valence-corrected chi connectivity index (χ4v) is 2.75. The topological polar surface area (TPSA) is 39.2 Å². The molecule has 0 aliphatic carbocycles. The van der Waals surface area contributed by atoms with Gasteiger partial charge in [-0.25, -0.2) is 0 Å². The number of benzene rings is 1. The molecule has 2 aromatic rings. The first-order valence-electron chi connectivity index (χ1n) is 5.37. The summed E-state index contributed by atoms with van der Waals surface area (Å²) < 4.78 is 5.28. The Labute approximate surface area is 110 Å². The van der Waals surface area contributed by atoms with E-state index < -0.39 is 0 Å². The lowest BCUT2D eigenvalue weighted by molar-refractivity contribution is 0.526. The molecule has 1 atom stereocenters. The monoisotopic (exact) mass is 267 g/mol. The molecule has 0 spiro atoms. The standard InChI is InChI=1S/C13H14ClNOS/c1-9-12(6-7-16-9)17-13(8-15)10-2-4-11(14)5-3-10/h2-7,13H,8,15H2,1H3. The molecule has 1 unspecified atom stereocenters. The molecule has 1 aromatic carbocycles. The van der Waals surface area contributed by atoms with Crippen LogP contribution in [0, 0.1) is 6.92 Å². The van der Waals surface area contributed by atoms with Crippen molar-refractivity contribution in [1.29, 1.82) is 0 Å². The van der Waals surface area contributed by atoms with Gasteiger partial charge < -0.3 is 10.2 Å². The summed E-state index contributed by atoms with van der Waals surface area (Å²) in [5, 5.41) is 0.970. The fraction of sp³-hybridized carbons (Fsp3) is 0.231. The number of rotatable bonds is 4. The van der Waals surface area contributed by atoms with Crippen molar-refractivity contribution in [2.75, 3.05) is 6.54 Å². The van der Waals surface area contributed by atoms with Crippen LogP contribution in [0.3, 0.4) is 0 Å². The smallest absolute Gasteiger partial charge is 0.114 e. The predicted octanol–water partition coefficient (Wildman–Crippen LogP) is 4.03. The molecule has 0 fully saturated rings. The third kappa shape index (κ3) is 3.06. The maximum absolute atomic E-state index is 5.87. The van der Waals surface area contributed by atoms with Crippen LogP contribution in [0.5, 0.6) is 0 Å². The molecule has 17 heavy (non-hydrogen) atoms. The molecule has 1 heterocycles. The molecule has 2 nitrogen and oxygen atoms in total. The Kier molecular flexibility index (Phi) is 4.15. The van der Waals surface area contributed by atoms with Gasteiger partial charge in [0.25, 0.3) is 0 Å². The number of hydrogen-bond donors (Lipinski definition) is 1. The van der Waals surface area contributed by atoms with Crippen molar-refractivity contribution in [3.63, 3.8) is 0 Å². The van der Waals surface area contributed by atoms with Gasteiger partial charge >= 0.3 is 0 Å². The van der Waals surface area contributed by atoms with Gasteiger partial charge in [-0.3, -0.25) is 0 Å². The Hall–Kier alpha value is -0.900. The van der Waals surface area contributed by atoms with Crippen LogP contribution in [-0.2, 0) is 0 Å². The van der Waals surface area contributed by atoms with Gasteiger partial charge in [0.1, 0.15) is 5.76 Å². The van der Waals surface area contributed by atoms with Crippen LogP contribution in [0.25, 0.3) is 0 Å². The largest absolute Gasteiger partial charge is 0.468 e. The fourth-order valence-electron chi connectivity index (χ4n) is 1.58. The highest BCUT2D eigenvalue weighted by atomic mass is 35.5. The molecule has 1 aromatic heterocycles. The summed E-state index contributed by atoms with van der Waals surface area (Å²) in [7, 11) is 0. The lowest BCUT2D eigenvalue weighted by atomic mass is 10.1. The van der Waals surface area contributed by atoms with Crippen molar-refractivity contribution >= 4 is 23.4 Å². The zero-order valence-electron chi connectivity index (χ0n) is 9.52. The van der Waals surface area contributed by atoms with Gasteiger partial charge in [0.2, 0.25) is 0 Å². The number of nitrogens with two attached hydrogens (primary N) is 1. The van der Waals surface area contributed by atoms with Gasteiger partial charge in [-0.15, -0.1) is 11.8 Å². The lowest BCUT2D eigenvalue weighted by Gasteiger charge is -2.14. The Morgan fingerprint density at radius 2 is 2.00 bits per heavy atom. The van der Waals surface area contributed by atoms with Gasteiger partial charge in [-0.2, -0.15) is 0 Å². The minimum atomic E-state index is 0.226. The molecule has 0 radical (unpaired) electrons. The molecular formula is C13H14ClNOS. The van der Waals surface area contributed by atoms with E-state index in [0.717, 1.165) is 15.7 Å². The third-order valence-electron chi connectivity index (χ3n) is 2.54. The summed E-state index contributed by atoms with van der Waals surface area (Å²) in [6.45, 7) is 2.54. The molecule has 0 aliphatic rings. The SMILES string of the molecule is Cc1occc1SC(CN)c1ccc(Cl)cc1. The number of thioether (sulfide) groups is 1. The van der Waals surface area contributed by atoms with E-state index in [1.807, 2.05) is 37.3 Å². The maximum Gasteiger partial charge on any atom is 0.114 e. The van der Waals surface area contributed by atoms with Gasteiger partial charge in [0, 0.05) is 21.7 Å². The first-order valence-corrected chi connectivity index (χ1v) is 6.62. The molecule has 2 N–H and O–H groups in total. The van der Waals surface area contributed by atoms with Crippen LogP contribution < -0.4 is 5.73 Å². The van der Waals surface area contributed by atoms with E-state index in [4.69, 9.17) is 21.8 Å². The molecule has 0 saturated heterocycles. The normalized spacial score (nSPS) is 12.6. The molecule has 0 aliphatic heterocycles. The van der Waals surface area contributed by atoms with Crippen LogP contribution in [0.2, 0.25) is 5.02 Å². The summed E-state index contributed by atoms with van der Waals surface area (Å²) in [4.78, 5) is 1.13. The van der Waals surface area contributed by atoms with Crippen LogP contribution in [0.4, 0.5) is 0 Å². The van der Waals surface area contributed by atoms with E-state index in [1.165, 1.54) is 5.56 Å². The average Bonchev–Trinajstić information content (AvgIpc) is 2.73. The Morgan fingerprint density at radius 3 is 2.53 bits per heavy atom. The zero-order valence-corrected chi connectivity index (χ0v) is 11.1. The molecule has 0 amide bonds. The summed E-state index contributed by atoms with van der Waals surface area (Å²) in [6.07, 6.45) is 1.70. The van der Waals surface area contributed by atoms with Crippen molar-refractivity contribution in [3.05, 3.63) is 52.9 Å². The molecule has 4 heteroatoms. The van der Waals surface area contributed by atoms with Crippen molar-refractivity contribution < 1.29 is 4.42 Å².